The molecule has 3 atom stereocenters. The Labute approximate surface area is 176 Å². The average Bonchev–Trinajstić information content (AvgIpc) is 2.77. The van der Waals surface area contributed by atoms with Crippen LogP contribution in [0.25, 0.3) is 0 Å². The fraction of sp³-hybridized carbons (Fsp3) is 0.458. The maximum Gasteiger partial charge on any atom is 0.254 e. The SMILES string of the molecule is COc1ccc([C@@H]2[C@H]3CCCC[C@@]3(O)CCN2C(=O)c2ccc(F)cc2)c(OC)c1. The standard InChI is InChI=1S/C24H28FNO4/c1-29-18-10-11-19(21(15-18)30-2)22-20-5-3-4-12-24(20,28)13-14-26(22)23(27)16-6-8-17(25)9-7-16/h6-11,15,20,22,28H,3-5,12-14H2,1-2H3/t20-,22-,24-/m1/s1. The predicted molar refractivity (Wildman–Crippen MR) is 111 cm³/mol. The molecule has 0 aromatic heterocycles. The van der Waals surface area contributed by atoms with Crippen LogP contribution in [0.1, 0.15) is 54.1 Å². The largest absolute Gasteiger partial charge is 0.497 e. The molecule has 4 rings (SSSR count). The van der Waals surface area contributed by atoms with E-state index in [0.717, 1.165) is 31.2 Å². The van der Waals surface area contributed by atoms with E-state index in [4.69, 9.17) is 9.47 Å². The number of aliphatic hydroxyl groups is 1. The van der Waals surface area contributed by atoms with Gasteiger partial charge >= 0.3 is 0 Å². The molecule has 1 saturated carbocycles. The second-order valence-electron chi connectivity index (χ2n) is 8.26. The van der Waals surface area contributed by atoms with E-state index in [-0.39, 0.29) is 23.7 Å². The number of nitrogens with zero attached hydrogens (tertiary/aromatic N) is 1. The van der Waals surface area contributed by atoms with Crippen molar-refractivity contribution in [1.29, 1.82) is 0 Å². The summed E-state index contributed by atoms with van der Waals surface area (Å²) in [4.78, 5) is 15.3. The molecule has 1 saturated heterocycles. The number of ether oxygens (including phenoxy) is 2. The Kier molecular flexibility index (Phi) is 5.69. The summed E-state index contributed by atoms with van der Waals surface area (Å²) in [6, 6.07) is 10.9. The first-order valence-corrected chi connectivity index (χ1v) is 10.5. The van der Waals surface area contributed by atoms with E-state index in [9.17, 15) is 14.3 Å². The Morgan fingerprint density at radius 2 is 1.87 bits per heavy atom. The molecule has 2 aromatic rings. The number of rotatable bonds is 4. The number of carbonyl (C=O) groups excluding carboxylic acids is 1. The van der Waals surface area contributed by atoms with Crippen LogP contribution >= 0.6 is 0 Å². The van der Waals surface area contributed by atoms with Crippen molar-refractivity contribution in [1.82, 2.24) is 4.90 Å². The van der Waals surface area contributed by atoms with E-state index in [1.165, 1.54) is 24.3 Å². The number of methoxy groups -OCH3 is 2. The van der Waals surface area contributed by atoms with Crippen LogP contribution in [0.15, 0.2) is 42.5 Å². The Bertz CT molecular complexity index is 916. The fourth-order valence-electron chi connectivity index (χ4n) is 5.12. The summed E-state index contributed by atoms with van der Waals surface area (Å²) in [6.07, 6.45) is 4.13. The van der Waals surface area contributed by atoms with Crippen LogP contribution in [0.2, 0.25) is 0 Å². The third kappa shape index (κ3) is 3.65. The summed E-state index contributed by atoms with van der Waals surface area (Å²) in [7, 11) is 3.19. The van der Waals surface area contributed by atoms with Gasteiger partial charge in [-0.15, -0.1) is 0 Å². The molecule has 2 fully saturated rings. The maximum absolute atomic E-state index is 13.5. The number of piperidine rings is 1. The molecular formula is C24H28FNO4. The van der Waals surface area contributed by atoms with E-state index in [0.29, 0.717) is 30.0 Å². The first kappa shape index (κ1) is 20.7. The summed E-state index contributed by atoms with van der Waals surface area (Å²) in [5, 5.41) is 11.4. The molecule has 1 N–H and O–H groups in total. The van der Waals surface area contributed by atoms with Crippen molar-refractivity contribution in [2.75, 3.05) is 20.8 Å². The van der Waals surface area contributed by atoms with Crippen molar-refractivity contribution >= 4 is 5.91 Å². The van der Waals surface area contributed by atoms with Gasteiger partial charge in [0.2, 0.25) is 0 Å². The number of hydrogen-bond donors (Lipinski definition) is 1. The van der Waals surface area contributed by atoms with Gasteiger partial charge in [-0.3, -0.25) is 4.79 Å². The van der Waals surface area contributed by atoms with Crippen LogP contribution in [0.5, 0.6) is 11.5 Å². The van der Waals surface area contributed by atoms with E-state index >= 15 is 0 Å². The monoisotopic (exact) mass is 413 g/mol. The minimum atomic E-state index is -0.798. The molecule has 2 aromatic carbocycles. The maximum atomic E-state index is 13.5. The van der Waals surface area contributed by atoms with Gasteiger partial charge in [0.15, 0.2) is 0 Å². The molecule has 2 aliphatic rings. The van der Waals surface area contributed by atoms with Gasteiger partial charge in [-0.05, 0) is 55.7 Å². The number of likely N-dealkylation sites (tertiary alicyclic amines) is 1. The van der Waals surface area contributed by atoms with Gasteiger partial charge in [0.25, 0.3) is 5.91 Å². The lowest BCUT2D eigenvalue weighted by molar-refractivity contribution is -0.115. The number of amides is 1. The molecule has 30 heavy (non-hydrogen) atoms. The highest BCUT2D eigenvalue weighted by molar-refractivity contribution is 5.94. The zero-order valence-corrected chi connectivity index (χ0v) is 17.4. The Balaban J connectivity index is 1.79. The second kappa shape index (κ2) is 8.26. The van der Waals surface area contributed by atoms with E-state index in [1.807, 2.05) is 23.1 Å². The summed E-state index contributed by atoms with van der Waals surface area (Å²) in [6.45, 7) is 0.434. The molecule has 5 nitrogen and oxygen atoms in total. The molecule has 0 unspecified atom stereocenters. The van der Waals surface area contributed by atoms with Gasteiger partial charge in [0.1, 0.15) is 17.3 Å². The predicted octanol–water partition coefficient (Wildman–Crippen LogP) is 4.35. The third-order valence-electron chi connectivity index (χ3n) is 6.68. The van der Waals surface area contributed by atoms with Crippen molar-refractivity contribution < 1.29 is 23.8 Å². The van der Waals surface area contributed by atoms with Gasteiger partial charge in [0.05, 0.1) is 25.9 Å². The van der Waals surface area contributed by atoms with Crippen LogP contribution in [0, 0.1) is 11.7 Å². The molecule has 1 amide bonds. The molecule has 160 valence electrons. The lowest BCUT2D eigenvalue weighted by atomic mass is 9.66. The molecular weight excluding hydrogens is 385 g/mol. The van der Waals surface area contributed by atoms with Crippen LogP contribution in [0.4, 0.5) is 4.39 Å². The molecule has 0 radical (unpaired) electrons. The first-order chi connectivity index (χ1) is 14.5. The van der Waals surface area contributed by atoms with Crippen molar-refractivity contribution in [2.24, 2.45) is 5.92 Å². The quantitative estimate of drug-likeness (QED) is 0.810. The number of benzene rings is 2. The van der Waals surface area contributed by atoms with Crippen LogP contribution in [-0.4, -0.2) is 42.3 Å². The van der Waals surface area contributed by atoms with Gasteiger partial charge in [-0.2, -0.15) is 0 Å². The summed E-state index contributed by atoms with van der Waals surface area (Å²) < 4.78 is 24.4. The highest BCUT2D eigenvalue weighted by Gasteiger charge is 2.50. The minimum Gasteiger partial charge on any atom is -0.497 e. The highest BCUT2D eigenvalue weighted by Crippen LogP contribution is 2.51. The lowest BCUT2D eigenvalue weighted by Gasteiger charge is -2.52. The van der Waals surface area contributed by atoms with Gasteiger partial charge in [-0.1, -0.05) is 12.8 Å². The molecule has 1 aliphatic heterocycles. The number of halogens is 1. The van der Waals surface area contributed by atoms with E-state index in [1.54, 1.807) is 14.2 Å². The zero-order valence-electron chi connectivity index (χ0n) is 17.4. The molecule has 0 spiro atoms. The van der Waals surface area contributed by atoms with E-state index in [2.05, 4.69) is 0 Å². The molecule has 6 heteroatoms. The van der Waals surface area contributed by atoms with Crippen molar-refractivity contribution in [3.63, 3.8) is 0 Å². The summed E-state index contributed by atoms with van der Waals surface area (Å²) in [5.41, 5.74) is 0.502. The third-order valence-corrected chi connectivity index (χ3v) is 6.68. The van der Waals surface area contributed by atoms with Gasteiger partial charge in [-0.25, -0.2) is 4.39 Å². The van der Waals surface area contributed by atoms with Crippen LogP contribution < -0.4 is 9.47 Å². The average molecular weight is 413 g/mol. The fourth-order valence-corrected chi connectivity index (χ4v) is 5.12. The van der Waals surface area contributed by atoms with Crippen LogP contribution in [0.3, 0.4) is 0 Å². The number of carbonyl (C=O) groups is 1. The number of hydrogen-bond acceptors (Lipinski definition) is 4. The van der Waals surface area contributed by atoms with Crippen molar-refractivity contribution in [2.45, 2.75) is 43.7 Å². The van der Waals surface area contributed by atoms with E-state index < -0.39 is 5.60 Å². The Hall–Kier alpha value is -2.60. The summed E-state index contributed by atoms with van der Waals surface area (Å²) in [5.74, 6) is 0.671. The Morgan fingerprint density at radius 1 is 1.10 bits per heavy atom. The molecule has 1 aliphatic carbocycles. The Morgan fingerprint density at radius 3 is 2.57 bits per heavy atom. The topological polar surface area (TPSA) is 59.0 Å². The molecule has 0 bridgehead atoms. The number of fused-ring (bicyclic) bond motifs is 1. The first-order valence-electron chi connectivity index (χ1n) is 10.5. The van der Waals surface area contributed by atoms with Crippen molar-refractivity contribution in [3.05, 3.63) is 59.4 Å². The normalized spacial score (nSPS) is 26.1. The summed E-state index contributed by atoms with van der Waals surface area (Å²) >= 11 is 0. The smallest absolute Gasteiger partial charge is 0.254 e. The second-order valence-corrected chi connectivity index (χ2v) is 8.26. The van der Waals surface area contributed by atoms with Gasteiger partial charge < -0.3 is 19.5 Å². The minimum absolute atomic E-state index is 0.0910. The highest BCUT2D eigenvalue weighted by atomic mass is 19.1. The van der Waals surface area contributed by atoms with Crippen molar-refractivity contribution in [3.8, 4) is 11.5 Å². The van der Waals surface area contributed by atoms with Crippen LogP contribution in [-0.2, 0) is 0 Å². The van der Waals surface area contributed by atoms with Gasteiger partial charge in [0, 0.05) is 29.7 Å². The lowest BCUT2D eigenvalue weighted by Crippen LogP contribution is -2.56. The zero-order chi connectivity index (χ0) is 21.3. The molecule has 1 heterocycles.